The van der Waals surface area contributed by atoms with E-state index in [1.165, 1.54) is 0 Å². The van der Waals surface area contributed by atoms with Gasteiger partial charge in [0.25, 0.3) is 0 Å². The van der Waals surface area contributed by atoms with E-state index in [1.807, 2.05) is 25.1 Å². The summed E-state index contributed by atoms with van der Waals surface area (Å²) in [6, 6.07) is 9.18. The van der Waals surface area contributed by atoms with Crippen LogP contribution in [0.5, 0.6) is 11.5 Å². The van der Waals surface area contributed by atoms with Crippen molar-refractivity contribution in [2.24, 2.45) is 0 Å². The minimum atomic E-state index is 0. The van der Waals surface area contributed by atoms with Crippen molar-refractivity contribution in [1.82, 2.24) is 5.32 Å². The number of hydrogen-bond donors (Lipinski definition) is 1. The number of rotatable bonds is 10. The molecule has 0 aliphatic carbocycles. The van der Waals surface area contributed by atoms with E-state index in [0.29, 0.717) is 33.2 Å². The Balaban J connectivity index is 0.00000364. The fraction of sp³-hybridized carbons (Fsp3) is 0.400. The second-order valence-corrected chi connectivity index (χ2v) is 7.14. The molecule has 0 heterocycles. The van der Waals surface area contributed by atoms with Crippen LogP contribution >= 0.6 is 47.2 Å². The summed E-state index contributed by atoms with van der Waals surface area (Å²) in [4.78, 5) is 0. The van der Waals surface area contributed by atoms with Gasteiger partial charge in [-0.25, -0.2) is 0 Å². The normalized spacial score (nSPS) is 10.4. The number of nitrogens with one attached hydrogen (secondary N) is 1. The van der Waals surface area contributed by atoms with Gasteiger partial charge < -0.3 is 14.8 Å². The molecule has 2 rings (SSSR count). The van der Waals surface area contributed by atoms with Gasteiger partial charge in [-0.05, 0) is 49.7 Å². The topological polar surface area (TPSA) is 30.5 Å². The Morgan fingerprint density at radius 2 is 1.74 bits per heavy atom. The van der Waals surface area contributed by atoms with E-state index in [1.54, 1.807) is 12.1 Å². The van der Waals surface area contributed by atoms with E-state index in [2.05, 4.69) is 12.2 Å². The van der Waals surface area contributed by atoms with Gasteiger partial charge in [-0.3, -0.25) is 0 Å². The van der Waals surface area contributed by atoms with Crippen LogP contribution in [0.3, 0.4) is 0 Å². The molecule has 0 saturated heterocycles. The Morgan fingerprint density at radius 1 is 0.963 bits per heavy atom. The molecule has 0 amide bonds. The van der Waals surface area contributed by atoms with Gasteiger partial charge in [-0.2, -0.15) is 0 Å². The van der Waals surface area contributed by atoms with Crippen molar-refractivity contribution >= 4 is 47.2 Å². The number of ether oxygens (including phenoxy) is 2. The second kappa shape index (κ2) is 12.6. The fourth-order valence-corrected chi connectivity index (χ4v) is 3.20. The molecule has 2 aromatic rings. The Labute approximate surface area is 182 Å². The van der Waals surface area contributed by atoms with E-state index >= 15 is 0 Å². The van der Waals surface area contributed by atoms with E-state index in [9.17, 15) is 0 Å². The van der Waals surface area contributed by atoms with Crippen molar-refractivity contribution in [2.75, 3.05) is 13.2 Å². The molecule has 27 heavy (non-hydrogen) atoms. The average Bonchev–Trinajstić information content (AvgIpc) is 2.60. The molecule has 0 fully saturated rings. The van der Waals surface area contributed by atoms with Crippen LogP contribution in [0.4, 0.5) is 0 Å². The molecular weight excluding hydrogens is 428 g/mol. The first kappa shape index (κ1) is 24.2. The smallest absolute Gasteiger partial charge is 0.180 e. The largest absolute Gasteiger partial charge is 0.490 e. The predicted octanol–water partition coefficient (Wildman–Crippen LogP) is 6.94. The van der Waals surface area contributed by atoms with Gasteiger partial charge in [0.2, 0.25) is 0 Å². The van der Waals surface area contributed by atoms with Gasteiger partial charge >= 0.3 is 0 Å². The zero-order valence-corrected chi connectivity index (χ0v) is 18.6. The first-order chi connectivity index (χ1) is 12.5. The minimum absolute atomic E-state index is 0. The van der Waals surface area contributed by atoms with Crippen molar-refractivity contribution in [3.63, 3.8) is 0 Å². The average molecular weight is 453 g/mol. The van der Waals surface area contributed by atoms with E-state index < -0.39 is 0 Å². The molecule has 1 N–H and O–H groups in total. The number of halogens is 4. The maximum atomic E-state index is 6.45. The quantitative estimate of drug-likeness (QED) is 0.396. The number of hydrogen-bond acceptors (Lipinski definition) is 3. The van der Waals surface area contributed by atoms with Crippen LogP contribution in [-0.2, 0) is 13.2 Å². The molecule has 150 valence electrons. The zero-order valence-electron chi connectivity index (χ0n) is 15.5. The minimum Gasteiger partial charge on any atom is -0.490 e. The van der Waals surface area contributed by atoms with Gasteiger partial charge in [-0.15, -0.1) is 12.4 Å². The molecule has 0 aliphatic rings. The van der Waals surface area contributed by atoms with Gasteiger partial charge in [0.15, 0.2) is 11.5 Å². The Bertz CT molecular complexity index is 725. The summed E-state index contributed by atoms with van der Waals surface area (Å²) in [6.07, 6.45) is 2.31. The lowest BCUT2D eigenvalue weighted by atomic mass is 10.2. The predicted molar refractivity (Wildman–Crippen MR) is 117 cm³/mol. The van der Waals surface area contributed by atoms with Gasteiger partial charge in [0.1, 0.15) is 6.61 Å². The van der Waals surface area contributed by atoms with Crippen molar-refractivity contribution in [2.45, 2.75) is 39.8 Å². The van der Waals surface area contributed by atoms with Crippen LogP contribution in [0.1, 0.15) is 37.8 Å². The van der Waals surface area contributed by atoms with E-state index in [0.717, 1.165) is 37.1 Å². The monoisotopic (exact) mass is 451 g/mol. The standard InChI is InChI=1S/C20H24Cl3NO2.ClH/c1-3-5-8-24-12-14-9-18(23)20(19(10-14)25-4-2)26-13-15-6-7-16(21)11-17(15)22;/h6-7,9-11,24H,3-5,8,12-13H2,1-2H3;1H. The molecule has 0 aliphatic heterocycles. The Kier molecular flexibility index (Phi) is 11.3. The molecule has 0 saturated carbocycles. The van der Waals surface area contributed by atoms with Crippen molar-refractivity contribution in [1.29, 1.82) is 0 Å². The van der Waals surface area contributed by atoms with Crippen molar-refractivity contribution in [3.8, 4) is 11.5 Å². The Hall–Kier alpha value is -0.840. The third-order valence-corrected chi connectivity index (χ3v) is 4.66. The molecule has 0 spiro atoms. The zero-order chi connectivity index (χ0) is 18.9. The highest BCUT2D eigenvalue weighted by Gasteiger charge is 2.14. The molecular formula is C20H25Cl4NO2. The maximum Gasteiger partial charge on any atom is 0.180 e. The highest BCUT2D eigenvalue weighted by Crippen LogP contribution is 2.37. The number of benzene rings is 2. The maximum absolute atomic E-state index is 6.45. The third-order valence-electron chi connectivity index (χ3n) is 3.79. The third kappa shape index (κ3) is 7.59. The lowest BCUT2D eigenvalue weighted by Gasteiger charge is -2.16. The molecule has 7 heteroatoms. The molecule has 2 aromatic carbocycles. The van der Waals surface area contributed by atoms with Crippen LogP contribution in [0, 0.1) is 0 Å². The molecule has 3 nitrogen and oxygen atoms in total. The summed E-state index contributed by atoms with van der Waals surface area (Å²) in [7, 11) is 0. The molecule has 0 aromatic heterocycles. The molecule has 0 bridgehead atoms. The van der Waals surface area contributed by atoms with Gasteiger partial charge in [0, 0.05) is 22.2 Å². The van der Waals surface area contributed by atoms with Crippen LogP contribution in [0.25, 0.3) is 0 Å². The van der Waals surface area contributed by atoms with Gasteiger partial charge in [-0.1, -0.05) is 54.2 Å². The van der Waals surface area contributed by atoms with Gasteiger partial charge in [0.05, 0.1) is 11.6 Å². The summed E-state index contributed by atoms with van der Waals surface area (Å²) < 4.78 is 11.7. The SMILES string of the molecule is CCCCNCc1cc(Cl)c(OCc2ccc(Cl)cc2Cl)c(OCC)c1.Cl. The van der Waals surface area contributed by atoms with E-state index in [-0.39, 0.29) is 19.0 Å². The van der Waals surface area contributed by atoms with E-state index in [4.69, 9.17) is 44.3 Å². The van der Waals surface area contributed by atoms with Crippen molar-refractivity contribution in [3.05, 3.63) is 56.5 Å². The molecule has 0 radical (unpaired) electrons. The summed E-state index contributed by atoms with van der Waals surface area (Å²) in [5.74, 6) is 1.16. The molecule has 0 unspecified atom stereocenters. The van der Waals surface area contributed by atoms with Crippen LogP contribution < -0.4 is 14.8 Å². The first-order valence-electron chi connectivity index (χ1n) is 8.77. The Morgan fingerprint density at radius 3 is 2.41 bits per heavy atom. The highest BCUT2D eigenvalue weighted by atomic mass is 35.5. The van der Waals surface area contributed by atoms with Crippen LogP contribution in [0.15, 0.2) is 30.3 Å². The lowest BCUT2D eigenvalue weighted by Crippen LogP contribution is -2.14. The summed E-state index contributed by atoms with van der Waals surface area (Å²) >= 11 is 18.6. The van der Waals surface area contributed by atoms with Crippen molar-refractivity contribution < 1.29 is 9.47 Å². The second-order valence-electron chi connectivity index (χ2n) is 5.89. The fourth-order valence-electron chi connectivity index (χ4n) is 2.45. The van der Waals surface area contributed by atoms with Crippen LogP contribution in [-0.4, -0.2) is 13.2 Å². The summed E-state index contributed by atoms with van der Waals surface area (Å²) in [5.41, 5.74) is 1.89. The molecule has 0 atom stereocenters. The highest BCUT2D eigenvalue weighted by molar-refractivity contribution is 6.35. The van der Waals surface area contributed by atoms with Crippen LogP contribution in [0.2, 0.25) is 15.1 Å². The first-order valence-corrected chi connectivity index (χ1v) is 9.91. The lowest BCUT2D eigenvalue weighted by molar-refractivity contribution is 0.269. The number of unbranched alkanes of at least 4 members (excludes halogenated alkanes) is 1. The summed E-state index contributed by atoms with van der Waals surface area (Å²) in [5, 5.41) is 5.07. The summed E-state index contributed by atoms with van der Waals surface area (Å²) in [6.45, 7) is 6.63.